The maximum Gasteiger partial charge on any atom is 0.298 e. The Morgan fingerprint density at radius 3 is 2.31 bits per heavy atom. The third kappa shape index (κ3) is 4.51. The monoisotopic (exact) mass is 440 g/mol. The molecule has 2 aromatic carbocycles. The normalized spacial score (nSPS) is 12.0. The molecule has 0 atom stereocenters. The van der Waals surface area contributed by atoms with E-state index in [9.17, 15) is 21.4 Å². The van der Waals surface area contributed by atoms with E-state index in [-0.39, 0.29) is 38.7 Å². The highest BCUT2D eigenvalue weighted by Gasteiger charge is 2.23. The second kappa shape index (κ2) is 7.49. The first-order valence-electron chi connectivity index (χ1n) is 6.97. The molecule has 0 saturated heterocycles. The van der Waals surface area contributed by atoms with Crippen molar-refractivity contribution in [1.29, 1.82) is 0 Å². The van der Waals surface area contributed by atoms with E-state index in [1.54, 1.807) is 6.92 Å². The van der Waals surface area contributed by atoms with Crippen LogP contribution < -0.4 is 15.2 Å². The molecular formula is C14H14Cl2N2O6S2. The Balaban J connectivity index is 2.49. The quantitative estimate of drug-likeness (QED) is 0.463. The topological polar surface area (TPSA) is 136 Å². The fraction of sp³-hybridized carbons (Fsp3) is 0.143. The van der Waals surface area contributed by atoms with E-state index in [0.717, 1.165) is 12.1 Å². The van der Waals surface area contributed by atoms with Crippen LogP contribution in [0, 0.1) is 0 Å². The molecule has 0 unspecified atom stereocenters. The summed E-state index contributed by atoms with van der Waals surface area (Å²) in [6.45, 7) is 1.77. The summed E-state index contributed by atoms with van der Waals surface area (Å²) in [6.07, 6.45) is 0. The number of nitrogens with one attached hydrogen (secondary N) is 1. The first kappa shape index (κ1) is 20.6. The molecule has 0 aliphatic heterocycles. The van der Waals surface area contributed by atoms with Gasteiger partial charge in [0, 0.05) is 0 Å². The average molecular weight is 441 g/mol. The third-order valence-corrected chi connectivity index (χ3v) is 6.16. The maximum absolute atomic E-state index is 12.5. The van der Waals surface area contributed by atoms with Crippen molar-refractivity contribution in [3.63, 3.8) is 0 Å². The average Bonchev–Trinajstić information content (AvgIpc) is 2.51. The van der Waals surface area contributed by atoms with E-state index < -0.39 is 25.0 Å². The summed E-state index contributed by atoms with van der Waals surface area (Å²) in [7, 11) is -8.85. The number of nitrogens with two attached hydrogens (primary N) is 1. The highest BCUT2D eigenvalue weighted by Crippen LogP contribution is 2.33. The van der Waals surface area contributed by atoms with Crippen molar-refractivity contribution in [2.45, 2.75) is 16.7 Å². The van der Waals surface area contributed by atoms with Crippen molar-refractivity contribution < 1.29 is 26.1 Å². The molecule has 0 aromatic heterocycles. The third-order valence-electron chi connectivity index (χ3n) is 3.11. The van der Waals surface area contributed by atoms with Crippen molar-refractivity contribution in [3.05, 3.63) is 40.4 Å². The van der Waals surface area contributed by atoms with Gasteiger partial charge in [-0.1, -0.05) is 23.2 Å². The summed E-state index contributed by atoms with van der Waals surface area (Å²) in [6, 6.07) is 5.65. The Kier molecular flexibility index (Phi) is 5.93. The van der Waals surface area contributed by atoms with Gasteiger partial charge in [0.2, 0.25) is 0 Å². The number of hydrogen-bond donors (Lipinski definition) is 3. The molecule has 0 aliphatic carbocycles. The van der Waals surface area contributed by atoms with Gasteiger partial charge in [0.1, 0.15) is 15.5 Å². The van der Waals surface area contributed by atoms with Gasteiger partial charge in [0.25, 0.3) is 20.1 Å². The van der Waals surface area contributed by atoms with Gasteiger partial charge < -0.3 is 10.5 Å². The molecule has 12 heteroatoms. The van der Waals surface area contributed by atoms with Crippen LogP contribution in [0.3, 0.4) is 0 Å². The van der Waals surface area contributed by atoms with Crippen molar-refractivity contribution >= 4 is 54.7 Å². The molecular weight excluding hydrogens is 427 g/mol. The van der Waals surface area contributed by atoms with Crippen LogP contribution in [0.15, 0.2) is 40.1 Å². The number of ether oxygens (including phenoxy) is 1. The van der Waals surface area contributed by atoms with Gasteiger partial charge >= 0.3 is 0 Å². The molecule has 0 bridgehead atoms. The number of sulfonamides is 1. The molecule has 0 aliphatic rings. The van der Waals surface area contributed by atoms with Crippen LogP contribution in [0.2, 0.25) is 10.0 Å². The second-order valence-corrected chi connectivity index (χ2v) is 8.83. The summed E-state index contributed by atoms with van der Waals surface area (Å²) in [5, 5.41) is -0.180. The lowest BCUT2D eigenvalue weighted by Gasteiger charge is -2.13. The highest BCUT2D eigenvalue weighted by atomic mass is 35.5. The summed E-state index contributed by atoms with van der Waals surface area (Å²) < 4.78 is 64.6. The minimum Gasteiger partial charge on any atom is -0.492 e. The molecule has 0 fully saturated rings. The first-order valence-corrected chi connectivity index (χ1v) is 10.7. The summed E-state index contributed by atoms with van der Waals surface area (Å²) in [4.78, 5) is -0.929. The van der Waals surface area contributed by atoms with E-state index in [4.69, 9.17) is 33.7 Å². The molecule has 2 rings (SSSR count). The largest absolute Gasteiger partial charge is 0.492 e. The zero-order chi connectivity index (χ0) is 19.7. The summed E-state index contributed by atoms with van der Waals surface area (Å²) in [5.74, 6) is -0.119. The van der Waals surface area contributed by atoms with Crippen LogP contribution in [0.25, 0.3) is 0 Å². The van der Waals surface area contributed by atoms with E-state index in [1.807, 2.05) is 0 Å². The molecule has 0 radical (unpaired) electrons. The van der Waals surface area contributed by atoms with Crippen LogP contribution in [0.5, 0.6) is 5.75 Å². The standard InChI is InChI=1S/C14H14Cl2N2O6S2/c1-2-24-12-4-3-8(5-14(12)26(21,22)23)18-25(19,20)13-7-9(15)11(17)6-10(13)16/h3-7,18H,2,17H2,1H3,(H,21,22,23). The molecule has 4 N–H and O–H groups in total. The fourth-order valence-electron chi connectivity index (χ4n) is 2.01. The van der Waals surface area contributed by atoms with Gasteiger partial charge in [-0.2, -0.15) is 8.42 Å². The van der Waals surface area contributed by atoms with Gasteiger partial charge in [-0.15, -0.1) is 0 Å². The van der Waals surface area contributed by atoms with Crippen molar-refractivity contribution in [3.8, 4) is 5.75 Å². The first-order chi connectivity index (χ1) is 12.0. The molecule has 26 heavy (non-hydrogen) atoms. The molecule has 0 saturated carbocycles. The Morgan fingerprint density at radius 2 is 1.73 bits per heavy atom. The van der Waals surface area contributed by atoms with Gasteiger partial charge in [0.15, 0.2) is 0 Å². The smallest absolute Gasteiger partial charge is 0.298 e. The minimum atomic E-state index is -4.64. The van der Waals surface area contributed by atoms with E-state index in [1.165, 1.54) is 18.2 Å². The minimum absolute atomic E-state index is 0.0138. The van der Waals surface area contributed by atoms with E-state index in [0.29, 0.717) is 0 Å². The van der Waals surface area contributed by atoms with Gasteiger partial charge in [-0.3, -0.25) is 9.27 Å². The maximum atomic E-state index is 12.5. The van der Waals surface area contributed by atoms with Gasteiger partial charge in [-0.25, -0.2) is 8.42 Å². The SMILES string of the molecule is CCOc1ccc(NS(=O)(=O)c2cc(Cl)c(N)cc2Cl)cc1S(=O)(=O)O. The second-order valence-electron chi connectivity index (χ2n) is 4.98. The summed E-state index contributed by atoms with van der Waals surface area (Å²) in [5.41, 5.74) is 5.53. The van der Waals surface area contributed by atoms with E-state index >= 15 is 0 Å². The molecule has 2 aromatic rings. The lowest BCUT2D eigenvalue weighted by atomic mass is 10.3. The number of hydrogen-bond acceptors (Lipinski definition) is 6. The van der Waals surface area contributed by atoms with Crippen molar-refractivity contribution in [1.82, 2.24) is 0 Å². The van der Waals surface area contributed by atoms with Crippen molar-refractivity contribution in [2.75, 3.05) is 17.1 Å². The Morgan fingerprint density at radius 1 is 1.08 bits per heavy atom. The van der Waals surface area contributed by atoms with Crippen LogP contribution in [0.1, 0.15) is 6.92 Å². The molecule has 0 amide bonds. The molecule has 142 valence electrons. The molecule has 8 nitrogen and oxygen atoms in total. The number of nitrogen functional groups attached to an aromatic ring is 1. The predicted molar refractivity (Wildman–Crippen MR) is 99.1 cm³/mol. The lowest BCUT2D eigenvalue weighted by Crippen LogP contribution is -2.14. The molecule has 0 spiro atoms. The number of anilines is 2. The number of benzene rings is 2. The Labute approximate surface area is 160 Å². The summed E-state index contributed by atoms with van der Waals surface area (Å²) >= 11 is 11.7. The molecule has 0 heterocycles. The van der Waals surface area contributed by atoms with Crippen LogP contribution in [-0.4, -0.2) is 28.0 Å². The number of rotatable bonds is 6. The van der Waals surface area contributed by atoms with Crippen LogP contribution >= 0.6 is 23.2 Å². The Hall–Kier alpha value is -1.72. The zero-order valence-corrected chi connectivity index (χ0v) is 16.4. The van der Waals surface area contributed by atoms with Crippen LogP contribution in [0.4, 0.5) is 11.4 Å². The van der Waals surface area contributed by atoms with Crippen molar-refractivity contribution in [2.24, 2.45) is 0 Å². The van der Waals surface area contributed by atoms with Gasteiger partial charge in [0.05, 0.1) is 28.0 Å². The fourth-order valence-corrected chi connectivity index (χ4v) is 4.51. The van der Waals surface area contributed by atoms with Crippen LogP contribution in [-0.2, 0) is 20.1 Å². The predicted octanol–water partition coefficient (Wildman–Crippen LogP) is 3.02. The lowest BCUT2D eigenvalue weighted by molar-refractivity contribution is 0.329. The highest BCUT2D eigenvalue weighted by molar-refractivity contribution is 7.92. The zero-order valence-electron chi connectivity index (χ0n) is 13.2. The number of halogens is 2. The Bertz CT molecular complexity index is 1060. The van der Waals surface area contributed by atoms with Gasteiger partial charge in [-0.05, 0) is 37.3 Å². The van der Waals surface area contributed by atoms with E-state index in [2.05, 4.69) is 4.72 Å².